The number of hydrogen-bond acceptors (Lipinski definition) is 2. The van der Waals surface area contributed by atoms with Crippen LogP contribution in [0.1, 0.15) is 33.1 Å². The van der Waals surface area contributed by atoms with Gasteiger partial charge in [-0.15, -0.1) is 0 Å². The monoisotopic (exact) mass is 141 g/mol. The van der Waals surface area contributed by atoms with Crippen LogP contribution in [0.2, 0.25) is 0 Å². The first-order chi connectivity index (χ1) is 4.60. The lowest BCUT2D eigenvalue weighted by molar-refractivity contribution is -0.118. The molecule has 2 nitrogen and oxygen atoms in total. The van der Waals surface area contributed by atoms with Crippen LogP contribution >= 0.6 is 0 Å². The second-order valence-corrected chi connectivity index (χ2v) is 3.60. The Hall–Kier alpha value is -0.370. The molecule has 0 atom stereocenters. The van der Waals surface area contributed by atoms with Crippen molar-refractivity contribution < 1.29 is 4.79 Å². The van der Waals surface area contributed by atoms with Crippen LogP contribution in [-0.2, 0) is 4.79 Å². The van der Waals surface area contributed by atoms with Gasteiger partial charge in [0, 0.05) is 24.9 Å². The molecule has 0 spiro atoms. The molecule has 0 unspecified atom stereocenters. The minimum atomic E-state index is 0.173. The number of hydrogen-bond donors (Lipinski definition) is 1. The van der Waals surface area contributed by atoms with Gasteiger partial charge in [0.1, 0.15) is 5.78 Å². The van der Waals surface area contributed by atoms with Crippen LogP contribution in [0, 0.1) is 0 Å². The molecule has 0 saturated carbocycles. The van der Waals surface area contributed by atoms with Crippen molar-refractivity contribution in [3.63, 3.8) is 0 Å². The Bertz CT molecular complexity index is 140. The maximum Gasteiger partial charge on any atom is 0.134 e. The predicted octanol–water partition coefficient (Wildman–Crippen LogP) is 1.11. The Morgan fingerprint density at radius 2 is 2.10 bits per heavy atom. The zero-order valence-electron chi connectivity index (χ0n) is 6.74. The molecule has 1 aliphatic heterocycles. The summed E-state index contributed by atoms with van der Waals surface area (Å²) < 4.78 is 0. The first kappa shape index (κ1) is 7.73. The van der Waals surface area contributed by atoms with E-state index in [4.69, 9.17) is 0 Å². The molecule has 0 bridgehead atoms. The Labute approximate surface area is 62.0 Å². The third-order valence-electron chi connectivity index (χ3n) is 2.04. The second kappa shape index (κ2) is 2.70. The van der Waals surface area contributed by atoms with Gasteiger partial charge in [0.2, 0.25) is 0 Å². The van der Waals surface area contributed by atoms with Gasteiger partial charge in [0.05, 0.1) is 0 Å². The number of carbonyl (C=O) groups is 1. The third-order valence-corrected chi connectivity index (χ3v) is 2.04. The van der Waals surface area contributed by atoms with Crippen molar-refractivity contribution in [3.8, 4) is 0 Å². The number of carbonyl (C=O) groups excluding carboxylic acids is 1. The zero-order chi connectivity index (χ0) is 7.61. The molecule has 1 aliphatic rings. The van der Waals surface area contributed by atoms with Crippen molar-refractivity contribution >= 4 is 5.78 Å². The molecule has 0 radical (unpaired) electrons. The van der Waals surface area contributed by atoms with Crippen LogP contribution < -0.4 is 5.32 Å². The van der Waals surface area contributed by atoms with E-state index in [0.717, 1.165) is 19.4 Å². The molecule has 1 saturated heterocycles. The number of Topliss-reactive ketones (excluding diaryl/α,β-unsaturated/α-hetero) is 1. The fourth-order valence-corrected chi connectivity index (χ4v) is 1.21. The maximum atomic E-state index is 10.9. The number of rotatable bonds is 0. The fraction of sp³-hybridized carbons (Fsp3) is 0.875. The first-order valence-electron chi connectivity index (χ1n) is 3.87. The molecular weight excluding hydrogens is 126 g/mol. The van der Waals surface area contributed by atoms with Crippen molar-refractivity contribution in [2.24, 2.45) is 0 Å². The lowest BCUT2D eigenvalue weighted by atomic mass is 9.99. The summed E-state index contributed by atoms with van der Waals surface area (Å²) in [6, 6.07) is 0. The van der Waals surface area contributed by atoms with E-state index < -0.39 is 0 Å². The van der Waals surface area contributed by atoms with Crippen molar-refractivity contribution in [1.82, 2.24) is 5.32 Å². The Morgan fingerprint density at radius 1 is 1.40 bits per heavy atom. The Morgan fingerprint density at radius 3 is 2.80 bits per heavy atom. The first-order valence-corrected chi connectivity index (χ1v) is 3.87. The highest BCUT2D eigenvalue weighted by Crippen LogP contribution is 2.14. The molecule has 0 aliphatic carbocycles. The Balaban J connectivity index is 2.48. The van der Waals surface area contributed by atoms with E-state index in [9.17, 15) is 4.79 Å². The molecule has 1 heterocycles. The molecular formula is C8H15NO. The number of nitrogens with one attached hydrogen (secondary N) is 1. The molecule has 0 amide bonds. The molecule has 58 valence electrons. The van der Waals surface area contributed by atoms with Gasteiger partial charge in [-0.3, -0.25) is 4.79 Å². The normalized spacial score (nSPS) is 26.0. The minimum Gasteiger partial charge on any atom is -0.311 e. The van der Waals surface area contributed by atoms with Crippen LogP contribution in [0.3, 0.4) is 0 Å². The van der Waals surface area contributed by atoms with Gasteiger partial charge in [0.15, 0.2) is 0 Å². The fourth-order valence-electron chi connectivity index (χ4n) is 1.21. The van der Waals surface area contributed by atoms with Crippen LogP contribution in [0.4, 0.5) is 0 Å². The molecule has 0 aromatic rings. The van der Waals surface area contributed by atoms with E-state index in [1.807, 2.05) is 0 Å². The van der Waals surface area contributed by atoms with E-state index in [1.54, 1.807) is 0 Å². The summed E-state index contributed by atoms with van der Waals surface area (Å²) >= 11 is 0. The van der Waals surface area contributed by atoms with Gasteiger partial charge in [-0.2, -0.15) is 0 Å². The number of ketones is 1. The quantitative estimate of drug-likeness (QED) is 0.547. The topological polar surface area (TPSA) is 29.1 Å². The summed E-state index contributed by atoms with van der Waals surface area (Å²) in [5.74, 6) is 0.401. The van der Waals surface area contributed by atoms with Crippen molar-refractivity contribution in [3.05, 3.63) is 0 Å². The summed E-state index contributed by atoms with van der Waals surface area (Å²) in [7, 11) is 0. The van der Waals surface area contributed by atoms with E-state index in [0.29, 0.717) is 12.2 Å². The summed E-state index contributed by atoms with van der Waals surface area (Å²) in [6.07, 6.45) is 2.44. The highest BCUT2D eigenvalue weighted by Gasteiger charge is 2.21. The average Bonchev–Trinajstić information content (AvgIpc) is 1.94. The van der Waals surface area contributed by atoms with Gasteiger partial charge in [-0.1, -0.05) is 0 Å². The summed E-state index contributed by atoms with van der Waals surface area (Å²) in [5, 5.41) is 3.33. The predicted molar refractivity (Wildman–Crippen MR) is 40.9 cm³/mol. The lowest BCUT2D eigenvalue weighted by Gasteiger charge is -2.22. The van der Waals surface area contributed by atoms with Gasteiger partial charge >= 0.3 is 0 Å². The van der Waals surface area contributed by atoms with Gasteiger partial charge < -0.3 is 5.32 Å². The van der Waals surface area contributed by atoms with Crippen LogP contribution in [0.15, 0.2) is 0 Å². The molecule has 1 fully saturated rings. The van der Waals surface area contributed by atoms with E-state index in [1.165, 1.54) is 0 Å². The third kappa shape index (κ3) is 2.10. The van der Waals surface area contributed by atoms with Crippen LogP contribution in [0.5, 0.6) is 0 Å². The largest absolute Gasteiger partial charge is 0.311 e. The van der Waals surface area contributed by atoms with Crippen molar-refractivity contribution in [2.75, 3.05) is 6.54 Å². The molecule has 0 aromatic carbocycles. The summed E-state index contributed by atoms with van der Waals surface area (Å²) in [6.45, 7) is 5.14. The summed E-state index contributed by atoms with van der Waals surface area (Å²) in [5.41, 5.74) is 0.173. The zero-order valence-corrected chi connectivity index (χ0v) is 6.74. The summed E-state index contributed by atoms with van der Waals surface area (Å²) in [4.78, 5) is 10.9. The van der Waals surface area contributed by atoms with Gasteiger partial charge in [0.25, 0.3) is 0 Å². The van der Waals surface area contributed by atoms with E-state index >= 15 is 0 Å². The molecule has 10 heavy (non-hydrogen) atoms. The van der Waals surface area contributed by atoms with Crippen molar-refractivity contribution in [1.29, 1.82) is 0 Å². The van der Waals surface area contributed by atoms with Crippen LogP contribution in [0.25, 0.3) is 0 Å². The molecule has 0 aromatic heterocycles. The van der Waals surface area contributed by atoms with Gasteiger partial charge in [-0.05, 0) is 20.3 Å². The molecule has 2 heteroatoms. The second-order valence-electron chi connectivity index (χ2n) is 3.60. The van der Waals surface area contributed by atoms with E-state index in [-0.39, 0.29) is 5.54 Å². The standard InChI is InChI=1S/C8H15NO/c1-8(2)5-3-7(10)4-6-9-8/h9H,3-6H2,1-2H3. The minimum absolute atomic E-state index is 0.173. The molecule has 1 rings (SSSR count). The smallest absolute Gasteiger partial charge is 0.134 e. The van der Waals surface area contributed by atoms with Crippen molar-refractivity contribution in [2.45, 2.75) is 38.6 Å². The van der Waals surface area contributed by atoms with E-state index in [2.05, 4.69) is 19.2 Å². The highest BCUT2D eigenvalue weighted by molar-refractivity contribution is 5.78. The van der Waals surface area contributed by atoms with Gasteiger partial charge in [-0.25, -0.2) is 0 Å². The maximum absolute atomic E-state index is 10.9. The SMILES string of the molecule is CC1(C)CCC(=O)CCN1. The molecule has 1 N–H and O–H groups in total. The average molecular weight is 141 g/mol. The lowest BCUT2D eigenvalue weighted by Crippen LogP contribution is -2.37. The Kier molecular flexibility index (Phi) is 2.09. The van der Waals surface area contributed by atoms with Crippen LogP contribution in [-0.4, -0.2) is 17.9 Å². The highest BCUT2D eigenvalue weighted by atomic mass is 16.1.